The van der Waals surface area contributed by atoms with Crippen molar-refractivity contribution in [2.45, 2.75) is 156 Å². The lowest BCUT2D eigenvalue weighted by Gasteiger charge is -2.64. The number of benzene rings is 2. The van der Waals surface area contributed by atoms with Crippen LogP contribution in [0.1, 0.15) is 113 Å². The molecule has 8 aliphatic rings. The van der Waals surface area contributed by atoms with Crippen LogP contribution < -0.4 is 9.64 Å². The first kappa shape index (κ1) is 56.5. The van der Waals surface area contributed by atoms with Gasteiger partial charge in [-0.1, -0.05) is 69.2 Å². The van der Waals surface area contributed by atoms with E-state index in [2.05, 4.69) is 57.0 Å². The molecule has 2 aromatic carbocycles. The molecule has 0 radical (unpaired) electrons. The van der Waals surface area contributed by atoms with Crippen molar-refractivity contribution in [2.75, 3.05) is 93.2 Å². The van der Waals surface area contributed by atoms with Gasteiger partial charge in [-0.2, -0.15) is 0 Å². The maximum atomic E-state index is 15.7. The number of likely N-dealkylation sites (tertiary alicyclic amines) is 1. The van der Waals surface area contributed by atoms with Crippen molar-refractivity contribution in [3.63, 3.8) is 0 Å². The molecule has 1 saturated carbocycles. The Hall–Kier alpha value is -5.34. The Labute approximate surface area is 470 Å². The number of nitrogens with zero attached hydrogens (tertiary/aromatic N) is 5. The van der Waals surface area contributed by atoms with Crippen LogP contribution in [-0.2, 0) is 60.1 Å². The Morgan fingerprint density at radius 2 is 1.70 bits per heavy atom. The van der Waals surface area contributed by atoms with Crippen LogP contribution in [0, 0.1) is 11.3 Å². The summed E-state index contributed by atoms with van der Waals surface area (Å²) in [7, 11) is 9.46. The summed E-state index contributed by atoms with van der Waals surface area (Å²) >= 11 is 0. The molecule has 434 valence electrons. The summed E-state index contributed by atoms with van der Waals surface area (Å²) < 4.78 is 38.4. The number of ether oxygens (including phenoxy) is 6. The Morgan fingerprint density at radius 3 is 2.45 bits per heavy atom. The number of hydrogen-bond acceptors (Lipinski definition) is 16. The minimum atomic E-state index is -1.96. The molecule has 2 aliphatic carbocycles. The van der Waals surface area contributed by atoms with E-state index in [0.29, 0.717) is 102 Å². The zero-order valence-electron chi connectivity index (χ0n) is 48.2. The quantitative estimate of drug-likeness (QED) is 0.0766. The fraction of sp³-hybridized carbons (Fsp3) is 0.645. The van der Waals surface area contributed by atoms with Crippen LogP contribution in [0.2, 0.25) is 0 Å². The predicted molar refractivity (Wildman–Crippen MR) is 300 cm³/mol. The van der Waals surface area contributed by atoms with Gasteiger partial charge in [0.25, 0.3) is 0 Å². The second-order valence-electron chi connectivity index (χ2n) is 24.4. The van der Waals surface area contributed by atoms with E-state index in [1.165, 1.54) is 31.1 Å². The molecule has 18 nitrogen and oxygen atoms in total. The van der Waals surface area contributed by atoms with Gasteiger partial charge in [-0.25, -0.2) is 14.5 Å². The maximum absolute atomic E-state index is 15.7. The second kappa shape index (κ2) is 21.8. The SMILES string of the molecule is CC[C@]1(O)C[C@@H]2CN(CCc3c([nH]c4ccccc34)[C@@](C(=O)OC)(c3cc4c(cc3OC)N(C)C3C45CCN4CC=C[C@](CC)(C45)[C@@H](OC(=O)C4CCCN4C(=O)CN(C)C(O)OC4/C=C/CCCCC4)[C@]3(OC)C(=O)OC)C2)C1. The van der Waals surface area contributed by atoms with Crippen LogP contribution in [0.5, 0.6) is 5.75 Å². The number of H-pyrrole nitrogens is 1. The number of aliphatic hydroxyl groups is 2. The van der Waals surface area contributed by atoms with Crippen molar-refractivity contribution >= 4 is 40.4 Å². The van der Waals surface area contributed by atoms with Gasteiger partial charge in [0, 0.05) is 97.7 Å². The lowest BCUT2D eigenvalue weighted by atomic mass is 9.47. The summed E-state index contributed by atoms with van der Waals surface area (Å²) in [6.07, 6.45) is 14.2. The van der Waals surface area contributed by atoms with Gasteiger partial charge in [0.2, 0.25) is 17.9 Å². The Balaban J connectivity index is 1.03. The molecule has 3 saturated heterocycles. The highest BCUT2D eigenvalue weighted by Crippen LogP contribution is 2.69. The first-order valence-electron chi connectivity index (χ1n) is 29.4. The van der Waals surface area contributed by atoms with Gasteiger partial charge in [-0.05, 0) is 113 Å². The molecule has 4 fully saturated rings. The Bertz CT molecular complexity index is 2930. The summed E-state index contributed by atoms with van der Waals surface area (Å²) in [5.74, 6) is -1.85. The summed E-state index contributed by atoms with van der Waals surface area (Å²) in [6.45, 7) is 7.35. The molecule has 13 atom stereocenters. The van der Waals surface area contributed by atoms with Gasteiger partial charge >= 0.3 is 17.9 Å². The number of amides is 1. The van der Waals surface area contributed by atoms with E-state index in [9.17, 15) is 15.0 Å². The van der Waals surface area contributed by atoms with E-state index in [1.807, 2.05) is 44.3 Å². The van der Waals surface area contributed by atoms with E-state index in [1.54, 1.807) is 14.2 Å². The number of carbonyl (C=O) groups excluding carboxylic acids is 4. The van der Waals surface area contributed by atoms with E-state index < -0.39 is 70.0 Å². The average Bonchev–Trinajstić information content (AvgIpc) is 4.36. The highest BCUT2D eigenvalue weighted by atomic mass is 16.6. The number of hydrogen-bond donors (Lipinski definition) is 3. The van der Waals surface area contributed by atoms with Crippen molar-refractivity contribution in [3.8, 4) is 5.75 Å². The number of anilines is 1. The molecule has 1 spiro atoms. The summed E-state index contributed by atoms with van der Waals surface area (Å²) in [4.78, 5) is 74.5. The number of esters is 3. The van der Waals surface area contributed by atoms with Crippen molar-refractivity contribution < 1.29 is 57.8 Å². The zero-order valence-corrected chi connectivity index (χ0v) is 48.2. The fourth-order valence-corrected chi connectivity index (χ4v) is 17.0. The van der Waals surface area contributed by atoms with Gasteiger partial charge in [-0.15, -0.1) is 0 Å². The number of aliphatic hydroxyl groups excluding tert-OH is 1. The molecule has 3 aromatic rings. The lowest BCUT2D eigenvalue weighted by molar-refractivity contribution is -0.238. The number of methoxy groups -OCH3 is 4. The molecule has 1 aromatic heterocycles. The standard InChI is InChI=1S/C62H84N6O12/c1-9-58(74)34-39-35-61(55(71)76-6,50-42(25-30-66(36-39)38-58)41-22-16-17-23-45(41)63-50)44-32-43-47(33-48(44)75-5)65(4)53-60(43)27-31-67-28-19-26-59(10-2,52(60)67)54(62(53,78-8)56(72)77-7)80-51(70)46-24-18-29-68(46)49(69)37-64(3)57(73)79-40-20-14-12-11-13-15-21-40/h14,16-17,19-20,22-23,26,32-33,39-40,46,52-54,57,63,73-74H,9-13,15,18,21,24-25,27-31,34-38H2,1-8H3/b20-14+/t39-,40?,46?,52?,53?,54+,57?,58-,59+,60?,61-,62-/m0/s1. The number of carbonyl (C=O) groups is 4. The van der Waals surface area contributed by atoms with Gasteiger partial charge in [0.05, 0.1) is 45.6 Å². The minimum absolute atomic E-state index is 0.133. The van der Waals surface area contributed by atoms with E-state index >= 15 is 14.4 Å². The topological polar surface area (TPSA) is 196 Å². The molecule has 11 rings (SSSR count). The molecule has 1 amide bonds. The summed E-state index contributed by atoms with van der Waals surface area (Å²) in [6, 6.07) is 10.1. The van der Waals surface area contributed by atoms with Crippen molar-refractivity contribution in [1.29, 1.82) is 0 Å². The van der Waals surface area contributed by atoms with Crippen LogP contribution in [0.4, 0.5) is 5.69 Å². The molecular formula is C62H84N6O12. The molecule has 18 heteroatoms. The van der Waals surface area contributed by atoms with Gasteiger partial charge < -0.3 is 53.4 Å². The van der Waals surface area contributed by atoms with E-state index in [4.69, 9.17) is 28.4 Å². The lowest BCUT2D eigenvalue weighted by Crippen LogP contribution is -2.82. The second-order valence-corrected chi connectivity index (χ2v) is 24.4. The van der Waals surface area contributed by atoms with E-state index in [0.717, 1.165) is 65.5 Å². The first-order valence-corrected chi connectivity index (χ1v) is 29.4. The third-order valence-electron chi connectivity index (χ3n) is 20.5. The highest BCUT2D eigenvalue weighted by molar-refractivity contribution is 5.95. The number of fused-ring (bicyclic) bond motifs is 6. The Kier molecular flexibility index (Phi) is 15.4. The number of piperidine rings is 1. The largest absolute Gasteiger partial charge is 0.496 e. The number of aromatic amines is 1. The number of rotatable bonds is 14. The zero-order chi connectivity index (χ0) is 56.5. The van der Waals surface area contributed by atoms with Crippen molar-refractivity contribution in [3.05, 3.63) is 83.1 Å². The number of aromatic nitrogens is 1. The number of nitrogens with one attached hydrogen (secondary N) is 1. The smallest absolute Gasteiger partial charge is 0.344 e. The van der Waals surface area contributed by atoms with Crippen LogP contribution in [-0.4, -0.2) is 195 Å². The number of allylic oxidation sites excluding steroid dienone is 1. The number of likely N-dealkylation sites (N-methyl/N-ethyl adjacent to an activating group) is 2. The summed E-state index contributed by atoms with van der Waals surface area (Å²) in [5.41, 5.74) is -1.43. The minimum Gasteiger partial charge on any atom is -0.496 e. The molecule has 6 aliphatic heterocycles. The van der Waals surface area contributed by atoms with Crippen LogP contribution in [0.15, 0.2) is 60.7 Å². The predicted octanol–water partition coefficient (Wildman–Crippen LogP) is 5.73. The van der Waals surface area contributed by atoms with Crippen LogP contribution in [0.3, 0.4) is 0 Å². The monoisotopic (exact) mass is 1100 g/mol. The molecular weight excluding hydrogens is 1020 g/mol. The van der Waals surface area contributed by atoms with Crippen LogP contribution >= 0.6 is 0 Å². The van der Waals surface area contributed by atoms with Gasteiger partial charge in [0.15, 0.2) is 6.10 Å². The molecule has 7 heterocycles. The molecule has 3 N–H and O–H groups in total. The average molecular weight is 1110 g/mol. The molecule has 7 unspecified atom stereocenters. The van der Waals surface area contributed by atoms with Gasteiger partial charge in [-0.3, -0.25) is 19.4 Å². The Morgan fingerprint density at radius 1 is 0.900 bits per heavy atom. The first-order chi connectivity index (χ1) is 38.5. The molecule has 2 bridgehead atoms. The fourth-order valence-electron chi connectivity index (χ4n) is 17.0. The molecule has 80 heavy (non-hydrogen) atoms. The van der Waals surface area contributed by atoms with Crippen molar-refractivity contribution in [2.24, 2.45) is 11.3 Å². The van der Waals surface area contributed by atoms with Crippen molar-refractivity contribution in [1.82, 2.24) is 24.6 Å². The van der Waals surface area contributed by atoms with Crippen LogP contribution in [0.25, 0.3) is 10.9 Å². The third kappa shape index (κ3) is 8.65. The normalized spacial score (nSPS) is 35.4. The van der Waals surface area contributed by atoms with E-state index in [-0.39, 0.29) is 30.5 Å². The third-order valence-corrected chi connectivity index (χ3v) is 20.5. The number of para-hydroxylation sites is 1. The highest BCUT2D eigenvalue weighted by Gasteiger charge is 2.81. The van der Waals surface area contributed by atoms with Gasteiger partial charge in [0.1, 0.15) is 17.2 Å². The maximum Gasteiger partial charge on any atom is 0.344 e. The summed E-state index contributed by atoms with van der Waals surface area (Å²) in [5, 5.41) is 24.4.